The average Bonchev–Trinajstić information content (AvgIpc) is 3.03. The molecule has 1 heterocycles. The topological polar surface area (TPSA) is 86.7 Å². The van der Waals surface area contributed by atoms with Crippen LogP contribution in [0.2, 0.25) is 0 Å². The van der Waals surface area contributed by atoms with E-state index in [2.05, 4.69) is 15.5 Å². The Morgan fingerprint density at radius 1 is 1.21 bits per heavy atom. The van der Waals surface area contributed by atoms with E-state index >= 15 is 0 Å². The van der Waals surface area contributed by atoms with Gasteiger partial charge in [-0.1, -0.05) is 41.6 Å². The summed E-state index contributed by atoms with van der Waals surface area (Å²) in [6.07, 6.45) is 0. The van der Waals surface area contributed by atoms with E-state index in [9.17, 15) is 10.1 Å². The molecule has 0 saturated carbocycles. The molecule has 2 aromatic carbocycles. The number of nitrogens with zero attached hydrogens (tertiary/aromatic N) is 5. The van der Waals surface area contributed by atoms with E-state index in [1.807, 2.05) is 44.2 Å². The lowest BCUT2D eigenvalue weighted by Crippen LogP contribution is -2.00. The van der Waals surface area contributed by atoms with Crippen LogP contribution in [0.1, 0.15) is 23.3 Å². The lowest BCUT2D eigenvalue weighted by molar-refractivity contribution is -0.384. The molecule has 0 spiro atoms. The second kappa shape index (κ2) is 6.79. The van der Waals surface area contributed by atoms with Crippen LogP contribution in [0.25, 0.3) is 5.69 Å². The molecule has 0 bridgehead atoms. The summed E-state index contributed by atoms with van der Waals surface area (Å²) in [4.78, 5) is 10.5. The maximum atomic E-state index is 10.9. The molecule has 3 aromatic rings. The first-order valence-electron chi connectivity index (χ1n) is 7.31. The quantitative estimate of drug-likeness (QED) is 0.399. The molecule has 0 N–H and O–H groups in total. The van der Waals surface area contributed by atoms with Crippen molar-refractivity contribution < 1.29 is 4.92 Å². The number of non-ortho nitro benzene ring substituents is 1. The molecular weight excluding hydrogens is 326 g/mol. The number of aryl methyl sites for hydroxylation is 1. The second-order valence-electron chi connectivity index (χ2n) is 5.32. The van der Waals surface area contributed by atoms with Crippen molar-refractivity contribution in [3.63, 3.8) is 0 Å². The van der Waals surface area contributed by atoms with Gasteiger partial charge in [0.25, 0.3) is 5.69 Å². The van der Waals surface area contributed by atoms with Crippen molar-refractivity contribution in [2.24, 2.45) is 0 Å². The molecule has 7 nitrogen and oxygen atoms in total. The smallest absolute Gasteiger partial charge is 0.258 e. The third-order valence-corrected chi connectivity index (χ3v) is 4.64. The largest absolute Gasteiger partial charge is 0.269 e. The molecule has 0 amide bonds. The van der Waals surface area contributed by atoms with Gasteiger partial charge in [0.2, 0.25) is 5.16 Å². The lowest BCUT2D eigenvalue weighted by atomic mass is 10.1. The number of nitro benzene ring substituents is 1. The SMILES string of the molecule is Cc1ccc(-n2nnnc2S[C@H](C)c2cccc([N+](=O)[O-])c2)cc1. The molecule has 0 aliphatic rings. The molecule has 8 heteroatoms. The van der Waals surface area contributed by atoms with Gasteiger partial charge in [0.1, 0.15) is 0 Å². The number of tetrazole rings is 1. The van der Waals surface area contributed by atoms with Crippen LogP contribution >= 0.6 is 11.8 Å². The van der Waals surface area contributed by atoms with Crippen LogP contribution < -0.4 is 0 Å². The zero-order valence-electron chi connectivity index (χ0n) is 13.2. The van der Waals surface area contributed by atoms with Crippen molar-refractivity contribution in [2.75, 3.05) is 0 Å². The zero-order valence-corrected chi connectivity index (χ0v) is 14.0. The number of hydrogen-bond donors (Lipinski definition) is 0. The first kappa shape index (κ1) is 16.1. The summed E-state index contributed by atoms with van der Waals surface area (Å²) in [7, 11) is 0. The van der Waals surface area contributed by atoms with Crippen LogP contribution in [0.5, 0.6) is 0 Å². The van der Waals surface area contributed by atoms with Crippen LogP contribution in [0.15, 0.2) is 53.7 Å². The van der Waals surface area contributed by atoms with Gasteiger partial charge in [-0.15, -0.1) is 5.10 Å². The normalized spacial score (nSPS) is 12.1. The Morgan fingerprint density at radius 3 is 2.67 bits per heavy atom. The van der Waals surface area contributed by atoms with E-state index in [4.69, 9.17) is 0 Å². The molecule has 0 radical (unpaired) electrons. The monoisotopic (exact) mass is 341 g/mol. The van der Waals surface area contributed by atoms with Crippen LogP contribution in [0.3, 0.4) is 0 Å². The molecule has 0 aliphatic carbocycles. The van der Waals surface area contributed by atoms with E-state index in [1.165, 1.54) is 17.8 Å². The summed E-state index contributed by atoms with van der Waals surface area (Å²) in [6.45, 7) is 3.99. The third kappa shape index (κ3) is 3.43. The van der Waals surface area contributed by atoms with Crippen LogP contribution in [0, 0.1) is 17.0 Å². The van der Waals surface area contributed by atoms with Crippen molar-refractivity contribution in [3.8, 4) is 5.69 Å². The predicted octanol–water partition coefficient (Wildman–Crippen LogP) is 3.73. The standard InChI is InChI=1S/C16H15N5O2S/c1-11-6-8-14(9-7-11)20-16(17-18-19-20)24-12(2)13-4-3-5-15(10-13)21(22)23/h3-10,12H,1-2H3/t12-/m1/s1. The number of hydrogen-bond acceptors (Lipinski definition) is 6. The molecule has 1 aromatic heterocycles. The van der Waals surface area contributed by atoms with Crippen LogP contribution in [-0.4, -0.2) is 25.1 Å². The van der Waals surface area contributed by atoms with Gasteiger partial charge in [0, 0.05) is 17.4 Å². The number of rotatable bonds is 5. The third-order valence-electron chi connectivity index (χ3n) is 3.55. The van der Waals surface area contributed by atoms with Gasteiger partial charge >= 0.3 is 0 Å². The molecule has 0 fully saturated rings. The summed E-state index contributed by atoms with van der Waals surface area (Å²) in [5, 5.41) is 23.4. The highest BCUT2D eigenvalue weighted by atomic mass is 32.2. The van der Waals surface area contributed by atoms with Gasteiger partial charge in [-0.2, -0.15) is 4.68 Å². The van der Waals surface area contributed by atoms with Crippen molar-refractivity contribution in [2.45, 2.75) is 24.3 Å². The van der Waals surface area contributed by atoms with E-state index in [0.29, 0.717) is 5.16 Å². The highest BCUT2D eigenvalue weighted by Gasteiger charge is 2.16. The minimum absolute atomic E-state index is 0.0277. The van der Waals surface area contributed by atoms with Gasteiger partial charge in [-0.3, -0.25) is 10.1 Å². The highest BCUT2D eigenvalue weighted by Crippen LogP contribution is 2.35. The fourth-order valence-electron chi connectivity index (χ4n) is 2.22. The summed E-state index contributed by atoms with van der Waals surface area (Å²) >= 11 is 1.45. The summed E-state index contributed by atoms with van der Waals surface area (Å²) < 4.78 is 1.66. The molecule has 122 valence electrons. The predicted molar refractivity (Wildman–Crippen MR) is 91.3 cm³/mol. The maximum absolute atomic E-state index is 10.9. The molecule has 24 heavy (non-hydrogen) atoms. The fourth-order valence-corrected chi connectivity index (χ4v) is 3.14. The van der Waals surface area contributed by atoms with Gasteiger partial charge in [-0.25, -0.2) is 0 Å². The number of aromatic nitrogens is 4. The summed E-state index contributed by atoms with van der Waals surface area (Å²) in [5.41, 5.74) is 2.97. The minimum atomic E-state index is -0.392. The molecule has 0 aliphatic heterocycles. The van der Waals surface area contributed by atoms with E-state index in [0.717, 1.165) is 16.8 Å². The van der Waals surface area contributed by atoms with Gasteiger partial charge in [0.15, 0.2) is 0 Å². The number of benzene rings is 2. The highest BCUT2D eigenvalue weighted by molar-refractivity contribution is 7.99. The molecule has 3 rings (SSSR count). The molecule has 0 unspecified atom stereocenters. The van der Waals surface area contributed by atoms with Crippen molar-refractivity contribution in [1.29, 1.82) is 0 Å². The maximum Gasteiger partial charge on any atom is 0.269 e. The van der Waals surface area contributed by atoms with Crippen LogP contribution in [0.4, 0.5) is 5.69 Å². The first-order chi connectivity index (χ1) is 11.5. The van der Waals surface area contributed by atoms with Crippen molar-refractivity contribution in [3.05, 3.63) is 69.8 Å². The van der Waals surface area contributed by atoms with Gasteiger partial charge in [-0.05, 0) is 42.0 Å². The van der Waals surface area contributed by atoms with Gasteiger partial charge in [0.05, 0.1) is 10.6 Å². The first-order valence-corrected chi connectivity index (χ1v) is 8.19. The fraction of sp³-hybridized carbons (Fsp3) is 0.188. The van der Waals surface area contributed by atoms with Crippen molar-refractivity contribution >= 4 is 17.4 Å². The Labute approximate surface area is 142 Å². The van der Waals surface area contributed by atoms with E-state index in [1.54, 1.807) is 16.8 Å². The minimum Gasteiger partial charge on any atom is -0.258 e. The van der Waals surface area contributed by atoms with Gasteiger partial charge < -0.3 is 0 Å². The Bertz CT molecular complexity index is 863. The summed E-state index contributed by atoms with van der Waals surface area (Å²) in [5.74, 6) is 0. The lowest BCUT2D eigenvalue weighted by Gasteiger charge is -2.11. The Morgan fingerprint density at radius 2 is 1.96 bits per heavy atom. The second-order valence-corrected chi connectivity index (χ2v) is 6.63. The number of nitro groups is 1. The zero-order chi connectivity index (χ0) is 17.1. The number of thioether (sulfide) groups is 1. The average molecular weight is 341 g/mol. The Kier molecular flexibility index (Phi) is 4.57. The van der Waals surface area contributed by atoms with E-state index < -0.39 is 4.92 Å². The Hall–Kier alpha value is -2.74. The van der Waals surface area contributed by atoms with Crippen LogP contribution in [-0.2, 0) is 0 Å². The molecular formula is C16H15N5O2S. The summed E-state index contributed by atoms with van der Waals surface area (Å²) in [6, 6.07) is 14.5. The van der Waals surface area contributed by atoms with E-state index in [-0.39, 0.29) is 10.9 Å². The Balaban J connectivity index is 1.84. The van der Waals surface area contributed by atoms with Crippen molar-refractivity contribution in [1.82, 2.24) is 20.2 Å². The molecule has 0 saturated heterocycles. The molecule has 1 atom stereocenters.